The summed E-state index contributed by atoms with van der Waals surface area (Å²) in [4.78, 5) is 19.0. The maximum absolute atomic E-state index is 13.9. The average molecular weight is 409 g/mol. The lowest BCUT2D eigenvalue weighted by atomic mass is 10.0. The van der Waals surface area contributed by atoms with Gasteiger partial charge in [-0.05, 0) is 61.2 Å². The minimum Gasteiger partial charge on any atom is -0.357 e. The minimum absolute atomic E-state index is 0.150. The highest BCUT2D eigenvalue weighted by molar-refractivity contribution is 5.86. The van der Waals surface area contributed by atoms with Crippen molar-refractivity contribution in [1.29, 1.82) is 0 Å². The van der Waals surface area contributed by atoms with E-state index in [0.29, 0.717) is 24.9 Å². The number of carbonyl (C=O) groups excluding carboxylic acids is 1. The topological polar surface area (TPSA) is 45.2 Å². The molecule has 4 nitrogen and oxygen atoms in total. The molecule has 0 aliphatic carbocycles. The molecule has 2 aromatic carbocycles. The second kappa shape index (κ2) is 9.96. The summed E-state index contributed by atoms with van der Waals surface area (Å²) < 4.78 is 27.0. The fourth-order valence-corrected chi connectivity index (χ4v) is 3.44. The zero-order valence-corrected chi connectivity index (χ0v) is 17.1. The minimum atomic E-state index is -0.567. The summed E-state index contributed by atoms with van der Waals surface area (Å²) in [6.07, 6.45) is 2.52. The molecular weight excluding hydrogens is 384 g/mol. The van der Waals surface area contributed by atoms with Gasteiger partial charge in [-0.2, -0.15) is 0 Å². The van der Waals surface area contributed by atoms with Gasteiger partial charge in [0.2, 0.25) is 5.91 Å². The van der Waals surface area contributed by atoms with Gasteiger partial charge in [0, 0.05) is 25.0 Å². The van der Waals surface area contributed by atoms with Crippen LogP contribution in [0.3, 0.4) is 0 Å². The fourth-order valence-electron chi connectivity index (χ4n) is 3.44. The van der Waals surface area contributed by atoms with Gasteiger partial charge in [-0.3, -0.25) is 9.78 Å². The lowest BCUT2D eigenvalue weighted by molar-refractivity contribution is -0.122. The molecule has 0 bridgehead atoms. The molecule has 30 heavy (non-hydrogen) atoms. The highest BCUT2D eigenvalue weighted by Gasteiger charge is 2.27. The summed E-state index contributed by atoms with van der Waals surface area (Å²) in [6, 6.07) is 16.8. The smallest absolute Gasteiger partial charge is 0.247 e. The van der Waals surface area contributed by atoms with Gasteiger partial charge in [0.25, 0.3) is 0 Å². The van der Waals surface area contributed by atoms with Crippen LogP contribution >= 0.6 is 0 Å². The van der Waals surface area contributed by atoms with E-state index >= 15 is 0 Å². The molecule has 1 amide bonds. The van der Waals surface area contributed by atoms with Gasteiger partial charge in [0.05, 0.1) is 6.20 Å². The molecule has 0 aliphatic heterocycles. The van der Waals surface area contributed by atoms with Crippen LogP contribution in [0.2, 0.25) is 0 Å². The Balaban J connectivity index is 1.91. The summed E-state index contributed by atoms with van der Waals surface area (Å²) in [6.45, 7) is 2.24. The molecule has 0 saturated heterocycles. The highest BCUT2D eigenvalue weighted by Crippen LogP contribution is 2.29. The third-order valence-corrected chi connectivity index (χ3v) is 5.02. The Morgan fingerprint density at radius 1 is 1.10 bits per heavy atom. The number of nitrogens with one attached hydrogen (secondary N) is 1. The number of anilines is 1. The number of aryl methyl sites for hydroxylation is 2. The van der Waals surface area contributed by atoms with Gasteiger partial charge in [0.15, 0.2) is 0 Å². The van der Waals surface area contributed by atoms with E-state index in [0.717, 1.165) is 16.9 Å². The van der Waals surface area contributed by atoms with Crippen molar-refractivity contribution in [2.75, 3.05) is 18.5 Å². The Hall–Kier alpha value is -3.28. The summed E-state index contributed by atoms with van der Waals surface area (Å²) >= 11 is 0. The van der Waals surface area contributed by atoms with E-state index in [9.17, 15) is 13.6 Å². The first kappa shape index (κ1) is 21.4. The van der Waals surface area contributed by atoms with Gasteiger partial charge in [0.1, 0.15) is 17.7 Å². The van der Waals surface area contributed by atoms with E-state index < -0.39 is 6.04 Å². The van der Waals surface area contributed by atoms with Crippen LogP contribution in [0.5, 0.6) is 0 Å². The molecule has 0 radical (unpaired) electrons. The Morgan fingerprint density at radius 3 is 2.50 bits per heavy atom. The highest BCUT2D eigenvalue weighted by atomic mass is 19.1. The van der Waals surface area contributed by atoms with Gasteiger partial charge in [-0.1, -0.05) is 30.3 Å². The first-order chi connectivity index (χ1) is 14.5. The van der Waals surface area contributed by atoms with Crippen LogP contribution in [0.1, 0.15) is 29.3 Å². The zero-order valence-electron chi connectivity index (χ0n) is 17.1. The number of aromatic nitrogens is 1. The molecule has 156 valence electrons. The molecule has 0 aliphatic rings. The second-order valence-electron chi connectivity index (χ2n) is 7.13. The maximum Gasteiger partial charge on any atom is 0.247 e. The first-order valence-corrected chi connectivity index (χ1v) is 9.89. The number of halogens is 2. The number of hydrogen-bond donors (Lipinski definition) is 1. The molecule has 1 heterocycles. The Kier molecular flexibility index (Phi) is 7.12. The van der Waals surface area contributed by atoms with Crippen molar-refractivity contribution in [3.05, 3.63) is 95.3 Å². The summed E-state index contributed by atoms with van der Waals surface area (Å²) in [5.74, 6) is -0.806. The molecule has 6 heteroatoms. The van der Waals surface area contributed by atoms with Crippen molar-refractivity contribution >= 4 is 11.6 Å². The van der Waals surface area contributed by atoms with Crippen LogP contribution in [0, 0.1) is 18.6 Å². The molecule has 1 N–H and O–H groups in total. The molecule has 3 rings (SSSR count). The first-order valence-electron chi connectivity index (χ1n) is 9.89. The molecule has 0 unspecified atom stereocenters. The Morgan fingerprint density at radius 2 is 1.87 bits per heavy atom. The van der Waals surface area contributed by atoms with Gasteiger partial charge < -0.3 is 10.2 Å². The lowest BCUT2D eigenvalue weighted by Crippen LogP contribution is -2.40. The number of benzene rings is 2. The Bertz CT molecular complexity index is 978. The molecule has 1 aromatic heterocycles. The SMILES string of the molecule is CNC(=O)[C@H](c1ccccc1)N(CCCc1ccc(F)cn1)c1ccc(F)c(C)c1. The van der Waals surface area contributed by atoms with Crippen LogP contribution in [0.4, 0.5) is 14.5 Å². The number of amides is 1. The van der Waals surface area contributed by atoms with E-state index in [-0.39, 0.29) is 17.5 Å². The summed E-state index contributed by atoms with van der Waals surface area (Å²) in [5, 5.41) is 2.75. The van der Waals surface area contributed by atoms with Crippen LogP contribution < -0.4 is 10.2 Å². The lowest BCUT2D eigenvalue weighted by Gasteiger charge is -2.33. The third-order valence-electron chi connectivity index (χ3n) is 5.02. The molecule has 0 spiro atoms. The number of likely N-dealkylation sites (N-methyl/N-ethyl adjacent to an activating group) is 1. The summed E-state index contributed by atoms with van der Waals surface area (Å²) in [5.41, 5.74) is 2.90. The third kappa shape index (κ3) is 5.20. The predicted octanol–water partition coefficient (Wildman–Crippen LogP) is 4.59. The van der Waals surface area contributed by atoms with E-state index in [1.54, 1.807) is 32.2 Å². The molecule has 0 fully saturated rings. The number of hydrogen-bond acceptors (Lipinski definition) is 3. The van der Waals surface area contributed by atoms with E-state index in [4.69, 9.17) is 0 Å². The zero-order chi connectivity index (χ0) is 21.5. The van der Waals surface area contributed by atoms with E-state index in [1.807, 2.05) is 35.2 Å². The van der Waals surface area contributed by atoms with Gasteiger partial charge in [-0.25, -0.2) is 8.78 Å². The van der Waals surface area contributed by atoms with Crippen molar-refractivity contribution in [3.63, 3.8) is 0 Å². The largest absolute Gasteiger partial charge is 0.357 e. The van der Waals surface area contributed by atoms with Crippen molar-refractivity contribution in [2.45, 2.75) is 25.8 Å². The van der Waals surface area contributed by atoms with Gasteiger partial charge >= 0.3 is 0 Å². The maximum atomic E-state index is 13.9. The number of rotatable bonds is 8. The molecule has 0 saturated carbocycles. The second-order valence-corrected chi connectivity index (χ2v) is 7.13. The Labute approximate surface area is 175 Å². The molecular formula is C24H25F2N3O. The monoisotopic (exact) mass is 409 g/mol. The molecule has 1 atom stereocenters. The van der Waals surface area contributed by atoms with Crippen LogP contribution in [0.15, 0.2) is 66.9 Å². The number of pyridine rings is 1. The van der Waals surface area contributed by atoms with Crippen molar-refractivity contribution in [2.24, 2.45) is 0 Å². The quantitative estimate of drug-likeness (QED) is 0.592. The number of carbonyl (C=O) groups is 1. The normalized spacial score (nSPS) is 11.7. The number of nitrogens with zero attached hydrogens (tertiary/aromatic N) is 2. The van der Waals surface area contributed by atoms with Crippen molar-refractivity contribution < 1.29 is 13.6 Å². The van der Waals surface area contributed by atoms with Crippen LogP contribution in [-0.4, -0.2) is 24.5 Å². The fraction of sp³-hybridized carbons (Fsp3) is 0.250. The van der Waals surface area contributed by atoms with Gasteiger partial charge in [-0.15, -0.1) is 0 Å². The van der Waals surface area contributed by atoms with Crippen molar-refractivity contribution in [3.8, 4) is 0 Å². The standard InChI is InChI=1S/C24H25F2N3O/c1-17-15-21(12-13-22(17)26)29(14-6-9-20-11-10-19(25)16-28-20)23(24(30)27-2)18-7-4-3-5-8-18/h3-5,7-8,10-13,15-16,23H,6,9,14H2,1-2H3,(H,27,30)/t23-/m0/s1. The van der Waals surface area contributed by atoms with Crippen LogP contribution in [0.25, 0.3) is 0 Å². The van der Waals surface area contributed by atoms with Crippen molar-refractivity contribution in [1.82, 2.24) is 10.3 Å². The summed E-state index contributed by atoms with van der Waals surface area (Å²) in [7, 11) is 1.61. The average Bonchev–Trinajstić information content (AvgIpc) is 2.76. The van der Waals surface area contributed by atoms with Crippen LogP contribution in [-0.2, 0) is 11.2 Å². The molecule has 3 aromatic rings. The predicted molar refractivity (Wildman–Crippen MR) is 114 cm³/mol. The van der Waals surface area contributed by atoms with E-state index in [1.165, 1.54) is 18.3 Å². The van der Waals surface area contributed by atoms with E-state index in [2.05, 4.69) is 10.3 Å².